The lowest BCUT2D eigenvalue weighted by atomic mass is 10.1. The fourth-order valence-corrected chi connectivity index (χ4v) is 2.22. The van der Waals surface area contributed by atoms with Gasteiger partial charge in [-0.25, -0.2) is 14.8 Å². The lowest BCUT2D eigenvalue weighted by Crippen LogP contribution is -2.51. The first kappa shape index (κ1) is 14.6. The summed E-state index contributed by atoms with van der Waals surface area (Å²) in [5.74, 6) is 1.17. The summed E-state index contributed by atoms with van der Waals surface area (Å²) in [4.78, 5) is 26.5. The number of aromatic nitrogens is 2. The van der Waals surface area contributed by atoms with Gasteiger partial charge in [0.2, 0.25) is 5.95 Å². The standard InChI is InChI=1S/C14H23N5O/c1-11(2)12-5-6-15-13(16-12)18-7-9-19(10-8-18)14(20)17(3)4/h5-6,11H,7-10H2,1-4H3. The average molecular weight is 277 g/mol. The molecule has 6 heteroatoms. The smallest absolute Gasteiger partial charge is 0.319 e. The minimum absolute atomic E-state index is 0.0708. The molecule has 2 heterocycles. The van der Waals surface area contributed by atoms with Gasteiger partial charge in [0, 0.05) is 52.2 Å². The van der Waals surface area contributed by atoms with Crippen molar-refractivity contribution in [3.05, 3.63) is 18.0 Å². The van der Waals surface area contributed by atoms with E-state index in [1.165, 1.54) is 0 Å². The Morgan fingerprint density at radius 3 is 2.45 bits per heavy atom. The van der Waals surface area contributed by atoms with Crippen LogP contribution >= 0.6 is 0 Å². The normalized spacial score (nSPS) is 15.7. The van der Waals surface area contributed by atoms with Crippen molar-refractivity contribution in [3.8, 4) is 0 Å². The van der Waals surface area contributed by atoms with Gasteiger partial charge in [0.25, 0.3) is 0 Å². The van der Waals surface area contributed by atoms with Crippen molar-refractivity contribution in [2.75, 3.05) is 45.2 Å². The number of hydrogen-bond donors (Lipinski definition) is 0. The summed E-state index contributed by atoms with van der Waals surface area (Å²) in [7, 11) is 3.56. The van der Waals surface area contributed by atoms with Gasteiger partial charge in [-0.1, -0.05) is 13.8 Å². The Labute approximate surface area is 120 Å². The monoisotopic (exact) mass is 277 g/mol. The Bertz CT molecular complexity index is 466. The average Bonchev–Trinajstić information content (AvgIpc) is 2.46. The minimum atomic E-state index is 0.0708. The number of amides is 2. The maximum Gasteiger partial charge on any atom is 0.319 e. The molecule has 1 fully saturated rings. The molecule has 1 aromatic rings. The second-order valence-corrected chi connectivity index (χ2v) is 5.59. The summed E-state index contributed by atoms with van der Waals surface area (Å²) >= 11 is 0. The van der Waals surface area contributed by atoms with Gasteiger partial charge in [-0.05, 0) is 12.0 Å². The van der Waals surface area contributed by atoms with Crippen molar-refractivity contribution in [1.82, 2.24) is 19.8 Å². The Morgan fingerprint density at radius 1 is 1.25 bits per heavy atom. The number of anilines is 1. The maximum atomic E-state index is 11.9. The van der Waals surface area contributed by atoms with Crippen molar-refractivity contribution in [3.63, 3.8) is 0 Å². The maximum absolute atomic E-state index is 11.9. The van der Waals surface area contributed by atoms with Crippen LogP contribution in [-0.4, -0.2) is 66.1 Å². The fraction of sp³-hybridized carbons (Fsp3) is 0.643. The third kappa shape index (κ3) is 3.18. The molecular weight excluding hydrogens is 254 g/mol. The van der Waals surface area contributed by atoms with Crippen molar-refractivity contribution in [1.29, 1.82) is 0 Å². The number of carbonyl (C=O) groups is 1. The molecule has 110 valence electrons. The number of hydrogen-bond acceptors (Lipinski definition) is 4. The van der Waals surface area contributed by atoms with E-state index in [9.17, 15) is 4.79 Å². The molecule has 0 atom stereocenters. The highest BCUT2D eigenvalue weighted by Gasteiger charge is 2.23. The molecule has 0 unspecified atom stereocenters. The summed E-state index contributed by atoms with van der Waals surface area (Å²) in [6.45, 7) is 7.24. The topological polar surface area (TPSA) is 52.6 Å². The molecule has 6 nitrogen and oxygen atoms in total. The Kier molecular flexibility index (Phi) is 4.42. The highest BCUT2D eigenvalue weighted by Crippen LogP contribution is 2.16. The number of rotatable bonds is 2. The quantitative estimate of drug-likeness (QED) is 0.820. The zero-order valence-electron chi connectivity index (χ0n) is 12.7. The van der Waals surface area contributed by atoms with Crippen LogP contribution in [0.3, 0.4) is 0 Å². The highest BCUT2D eigenvalue weighted by molar-refractivity contribution is 5.74. The first-order valence-corrected chi connectivity index (χ1v) is 7.03. The van der Waals surface area contributed by atoms with Crippen LogP contribution in [0.4, 0.5) is 10.7 Å². The molecule has 0 aliphatic carbocycles. The van der Waals surface area contributed by atoms with Crippen molar-refractivity contribution in [2.24, 2.45) is 0 Å². The Morgan fingerprint density at radius 2 is 1.90 bits per heavy atom. The van der Waals surface area contributed by atoms with Gasteiger partial charge in [-0.15, -0.1) is 0 Å². The summed E-state index contributed by atoms with van der Waals surface area (Å²) in [6.07, 6.45) is 1.81. The number of carbonyl (C=O) groups excluding carboxylic acids is 1. The van der Waals surface area contributed by atoms with Crippen molar-refractivity contribution < 1.29 is 4.79 Å². The van der Waals surface area contributed by atoms with Crippen LogP contribution in [0.5, 0.6) is 0 Å². The molecule has 1 saturated heterocycles. The van der Waals surface area contributed by atoms with Crippen LogP contribution in [0.1, 0.15) is 25.5 Å². The predicted octanol–water partition coefficient (Wildman–Crippen LogP) is 1.40. The highest BCUT2D eigenvalue weighted by atomic mass is 16.2. The fourth-order valence-electron chi connectivity index (χ4n) is 2.22. The van der Waals surface area contributed by atoms with Crippen LogP contribution in [0.25, 0.3) is 0 Å². The number of nitrogens with zero attached hydrogens (tertiary/aromatic N) is 5. The van der Waals surface area contributed by atoms with E-state index in [0.29, 0.717) is 19.0 Å². The van der Waals surface area contributed by atoms with Gasteiger partial charge < -0.3 is 14.7 Å². The molecule has 0 bridgehead atoms. The molecular formula is C14H23N5O. The van der Waals surface area contributed by atoms with Crippen LogP contribution in [-0.2, 0) is 0 Å². The van der Waals surface area contributed by atoms with Crippen LogP contribution in [0, 0.1) is 0 Å². The third-order valence-corrected chi connectivity index (χ3v) is 3.47. The summed E-state index contributed by atoms with van der Waals surface area (Å²) in [5.41, 5.74) is 1.06. The van der Waals surface area contributed by atoms with E-state index >= 15 is 0 Å². The molecule has 2 rings (SSSR count). The van der Waals surface area contributed by atoms with E-state index < -0.39 is 0 Å². The minimum Gasteiger partial charge on any atom is -0.337 e. The summed E-state index contributed by atoms with van der Waals surface area (Å²) < 4.78 is 0. The van der Waals surface area contributed by atoms with Crippen LogP contribution < -0.4 is 4.90 Å². The zero-order valence-corrected chi connectivity index (χ0v) is 12.7. The third-order valence-electron chi connectivity index (χ3n) is 3.47. The first-order chi connectivity index (χ1) is 9.49. The summed E-state index contributed by atoms with van der Waals surface area (Å²) in [6, 6.07) is 2.03. The van der Waals surface area contributed by atoms with E-state index in [-0.39, 0.29) is 6.03 Å². The Hall–Kier alpha value is -1.85. The van der Waals surface area contributed by atoms with Crippen LogP contribution in [0.15, 0.2) is 12.3 Å². The molecule has 0 spiro atoms. The van der Waals surface area contributed by atoms with Gasteiger partial charge in [0.05, 0.1) is 0 Å². The number of piperazine rings is 1. The molecule has 0 N–H and O–H groups in total. The lowest BCUT2D eigenvalue weighted by Gasteiger charge is -2.36. The first-order valence-electron chi connectivity index (χ1n) is 7.03. The summed E-state index contributed by atoms with van der Waals surface area (Å²) in [5, 5.41) is 0. The SMILES string of the molecule is CC(C)c1ccnc(N2CCN(C(=O)N(C)C)CC2)n1. The van der Waals surface area contributed by atoms with E-state index in [2.05, 4.69) is 28.7 Å². The second kappa shape index (κ2) is 6.07. The van der Waals surface area contributed by atoms with E-state index in [4.69, 9.17) is 0 Å². The second-order valence-electron chi connectivity index (χ2n) is 5.59. The predicted molar refractivity (Wildman–Crippen MR) is 79.0 cm³/mol. The van der Waals surface area contributed by atoms with E-state index in [0.717, 1.165) is 24.7 Å². The van der Waals surface area contributed by atoms with Crippen molar-refractivity contribution in [2.45, 2.75) is 19.8 Å². The van der Waals surface area contributed by atoms with E-state index in [1.807, 2.05) is 17.2 Å². The molecule has 1 aromatic heterocycles. The molecule has 1 aliphatic rings. The largest absolute Gasteiger partial charge is 0.337 e. The molecule has 0 radical (unpaired) electrons. The molecule has 20 heavy (non-hydrogen) atoms. The van der Waals surface area contributed by atoms with Gasteiger partial charge in [-0.2, -0.15) is 0 Å². The lowest BCUT2D eigenvalue weighted by molar-refractivity contribution is 0.167. The zero-order chi connectivity index (χ0) is 14.7. The molecule has 0 aromatic carbocycles. The van der Waals surface area contributed by atoms with Crippen LogP contribution in [0.2, 0.25) is 0 Å². The molecule has 1 aliphatic heterocycles. The van der Waals surface area contributed by atoms with Gasteiger partial charge >= 0.3 is 6.03 Å². The van der Waals surface area contributed by atoms with Crippen molar-refractivity contribution >= 4 is 12.0 Å². The van der Waals surface area contributed by atoms with Gasteiger partial charge in [-0.3, -0.25) is 0 Å². The Balaban J connectivity index is 2.00. The van der Waals surface area contributed by atoms with Gasteiger partial charge in [0.15, 0.2) is 0 Å². The number of urea groups is 1. The molecule has 2 amide bonds. The molecule has 0 saturated carbocycles. The van der Waals surface area contributed by atoms with E-state index in [1.54, 1.807) is 19.0 Å². The van der Waals surface area contributed by atoms with Gasteiger partial charge in [0.1, 0.15) is 0 Å².